The number of alkyl halides is 1. The molecule has 1 aliphatic heterocycles. The van der Waals surface area contributed by atoms with Crippen LogP contribution in [0, 0.1) is 0 Å². The largest absolute Gasteiger partial charge is 0.309 e. The Bertz CT molecular complexity index is 159. The van der Waals surface area contributed by atoms with Gasteiger partial charge in [0.1, 0.15) is 6.67 Å². The van der Waals surface area contributed by atoms with Crippen LogP contribution in [-0.4, -0.2) is 42.8 Å². The molecular weight excluding hydrogens is 167 g/mol. The Hall–Kier alpha value is -0.150. The van der Waals surface area contributed by atoms with Gasteiger partial charge in [-0.2, -0.15) is 0 Å². The Kier molecular flexibility index (Phi) is 3.68. The minimum Gasteiger partial charge on any atom is -0.309 e. The van der Waals surface area contributed by atoms with Gasteiger partial charge >= 0.3 is 0 Å². The van der Waals surface area contributed by atoms with Crippen LogP contribution in [0.15, 0.2) is 0 Å². The van der Waals surface area contributed by atoms with E-state index in [0.717, 1.165) is 19.5 Å². The third-order valence-electron chi connectivity index (χ3n) is 2.77. The zero-order valence-corrected chi connectivity index (χ0v) is 8.94. The highest BCUT2D eigenvalue weighted by Crippen LogP contribution is 2.16. The van der Waals surface area contributed by atoms with Crippen molar-refractivity contribution in [2.75, 3.05) is 26.3 Å². The Morgan fingerprint density at radius 3 is 2.77 bits per heavy atom. The molecule has 1 rings (SSSR count). The lowest BCUT2D eigenvalue weighted by Crippen LogP contribution is -2.61. The van der Waals surface area contributed by atoms with Gasteiger partial charge in [-0.3, -0.25) is 4.90 Å². The zero-order valence-electron chi connectivity index (χ0n) is 8.94. The van der Waals surface area contributed by atoms with E-state index in [2.05, 4.69) is 31.0 Å². The Morgan fingerprint density at radius 1 is 1.54 bits per heavy atom. The molecule has 0 aromatic heterocycles. The van der Waals surface area contributed by atoms with Crippen LogP contribution in [-0.2, 0) is 0 Å². The topological polar surface area (TPSA) is 15.3 Å². The van der Waals surface area contributed by atoms with Crippen LogP contribution in [0.25, 0.3) is 0 Å². The molecule has 1 saturated heterocycles. The predicted molar refractivity (Wildman–Crippen MR) is 53.7 cm³/mol. The van der Waals surface area contributed by atoms with Crippen LogP contribution in [0.3, 0.4) is 0 Å². The summed E-state index contributed by atoms with van der Waals surface area (Å²) in [7, 11) is 0. The summed E-state index contributed by atoms with van der Waals surface area (Å²) < 4.78 is 12.3. The van der Waals surface area contributed by atoms with Gasteiger partial charge in [-0.05, 0) is 20.3 Å². The zero-order chi connectivity index (χ0) is 9.90. The van der Waals surface area contributed by atoms with E-state index in [-0.39, 0.29) is 12.2 Å². The molecule has 0 saturated carbocycles. The summed E-state index contributed by atoms with van der Waals surface area (Å²) in [6, 6.07) is 0.517. The second-order valence-electron chi connectivity index (χ2n) is 4.49. The molecule has 1 aliphatic rings. The fraction of sp³-hybridized carbons (Fsp3) is 1.00. The highest BCUT2D eigenvalue weighted by atomic mass is 19.1. The number of halogens is 1. The SMILES string of the molecule is CCC1CNC(C)(C)CN1CCF. The maximum Gasteiger partial charge on any atom is 0.102 e. The Balaban J connectivity index is 2.52. The molecule has 2 nitrogen and oxygen atoms in total. The molecule has 0 amide bonds. The average molecular weight is 188 g/mol. The van der Waals surface area contributed by atoms with Gasteiger partial charge in [-0.1, -0.05) is 6.92 Å². The molecule has 3 heteroatoms. The van der Waals surface area contributed by atoms with Gasteiger partial charge in [-0.25, -0.2) is 4.39 Å². The van der Waals surface area contributed by atoms with Gasteiger partial charge in [0.15, 0.2) is 0 Å². The van der Waals surface area contributed by atoms with Gasteiger partial charge in [0.25, 0.3) is 0 Å². The van der Waals surface area contributed by atoms with Crippen molar-refractivity contribution in [3.63, 3.8) is 0 Å². The van der Waals surface area contributed by atoms with E-state index < -0.39 is 0 Å². The van der Waals surface area contributed by atoms with Gasteiger partial charge < -0.3 is 5.32 Å². The van der Waals surface area contributed by atoms with E-state index in [0.29, 0.717) is 12.6 Å². The smallest absolute Gasteiger partial charge is 0.102 e. The summed E-state index contributed by atoms with van der Waals surface area (Å²) in [5.41, 5.74) is 0.140. The maximum absolute atomic E-state index is 12.3. The molecule has 78 valence electrons. The van der Waals surface area contributed by atoms with Crippen molar-refractivity contribution in [1.82, 2.24) is 10.2 Å². The maximum atomic E-state index is 12.3. The fourth-order valence-corrected chi connectivity index (χ4v) is 1.99. The fourth-order valence-electron chi connectivity index (χ4n) is 1.99. The standard InChI is InChI=1S/C10H21FN2/c1-4-9-7-12-10(2,3)8-13(9)6-5-11/h9,12H,4-8H2,1-3H3. The van der Waals surface area contributed by atoms with E-state index in [4.69, 9.17) is 0 Å². The third-order valence-corrected chi connectivity index (χ3v) is 2.77. The number of nitrogens with zero attached hydrogens (tertiary/aromatic N) is 1. The van der Waals surface area contributed by atoms with Crippen LogP contribution < -0.4 is 5.32 Å². The van der Waals surface area contributed by atoms with E-state index in [1.165, 1.54) is 0 Å². The van der Waals surface area contributed by atoms with Crippen molar-refractivity contribution in [3.05, 3.63) is 0 Å². The lowest BCUT2D eigenvalue weighted by Gasteiger charge is -2.44. The summed E-state index contributed by atoms with van der Waals surface area (Å²) in [5.74, 6) is 0. The van der Waals surface area contributed by atoms with Crippen LogP contribution >= 0.6 is 0 Å². The summed E-state index contributed by atoms with van der Waals surface area (Å²) in [6.07, 6.45) is 1.10. The van der Waals surface area contributed by atoms with E-state index in [9.17, 15) is 4.39 Å². The molecule has 0 aliphatic carbocycles. The molecule has 0 spiro atoms. The summed E-state index contributed by atoms with van der Waals surface area (Å²) in [6.45, 7) is 8.80. The van der Waals surface area contributed by atoms with Crippen LogP contribution in [0.1, 0.15) is 27.2 Å². The molecule has 1 N–H and O–H groups in total. The Labute approximate surface area is 80.5 Å². The van der Waals surface area contributed by atoms with E-state index >= 15 is 0 Å². The van der Waals surface area contributed by atoms with Gasteiger partial charge in [0.2, 0.25) is 0 Å². The van der Waals surface area contributed by atoms with Gasteiger partial charge in [0.05, 0.1) is 0 Å². The van der Waals surface area contributed by atoms with Crippen LogP contribution in [0.5, 0.6) is 0 Å². The van der Waals surface area contributed by atoms with Crippen molar-refractivity contribution in [3.8, 4) is 0 Å². The highest BCUT2D eigenvalue weighted by molar-refractivity contribution is 4.91. The van der Waals surface area contributed by atoms with E-state index in [1.54, 1.807) is 0 Å². The summed E-state index contributed by atoms with van der Waals surface area (Å²) in [5, 5.41) is 3.48. The molecule has 0 aromatic carbocycles. The number of rotatable bonds is 3. The Morgan fingerprint density at radius 2 is 2.23 bits per heavy atom. The van der Waals surface area contributed by atoms with Crippen LogP contribution in [0.4, 0.5) is 4.39 Å². The van der Waals surface area contributed by atoms with E-state index in [1.807, 2.05) is 0 Å². The third kappa shape index (κ3) is 2.92. The molecule has 1 atom stereocenters. The minimum absolute atomic E-state index is 0.140. The average Bonchev–Trinajstić information content (AvgIpc) is 2.04. The number of piperazine rings is 1. The lowest BCUT2D eigenvalue weighted by atomic mass is 9.98. The van der Waals surface area contributed by atoms with Crippen molar-refractivity contribution in [2.45, 2.75) is 38.8 Å². The first-order valence-corrected chi connectivity index (χ1v) is 5.14. The van der Waals surface area contributed by atoms with Gasteiger partial charge in [0, 0.05) is 31.2 Å². The van der Waals surface area contributed by atoms with Crippen molar-refractivity contribution >= 4 is 0 Å². The van der Waals surface area contributed by atoms with Crippen molar-refractivity contribution in [2.24, 2.45) is 0 Å². The molecule has 0 radical (unpaired) electrons. The first kappa shape index (κ1) is 10.9. The normalized spacial score (nSPS) is 29.1. The number of hydrogen-bond acceptors (Lipinski definition) is 2. The molecule has 1 heterocycles. The summed E-state index contributed by atoms with van der Waals surface area (Å²) in [4.78, 5) is 2.26. The summed E-state index contributed by atoms with van der Waals surface area (Å²) >= 11 is 0. The molecule has 0 bridgehead atoms. The molecule has 0 aromatic rings. The molecular formula is C10H21FN2. The number of nitrogens with one attached hydrogen (secondary N) is 1. The second kappa shape index (κ2) is 4.38. The molecule has 13 heavy (non-hydrogen) atoms. The monoisotopic (exact) mass is 188 g/mol. The van der Waals surface area contributed by atoms with Gasteiger partial charge in [-0.15, -0.1) is 0 Å². The first-order chi connectivity index (χ1) is 6.09. The van der Waals surface area contributed by atoms with Crippen molar-refractivity contribution < 1.29 is 4.39 Å². The number of hydrogen-bond donors (Lipinski definition) is 1. The minimum atomic E-state index is -0.230. The van der Waals surface area contributed by atoms with Crippen molar-refractivity contribution in [1.29, 1.82) is 0 Å². The second-order valence-corrected chi connectivity index (χ2v) is 4.49. The predicted octanol–water partition coefficient (Wildman–Crippen LogP) is 1.42. The molecule has 1 unspecified atom stereocenters. The molecule has 1 fully saturated rings. The first-order valence-electron chi connectivity index (χ1n) is 5.14. The quantitative estimate of drug-likeness (QED) is 0.720. The lowest BCUT2D eigenvalue weighted by molar-refractivity contribution is 0.0865. The highest BCUT2D eigenvalue weighted by Gasteiger charge is 2.30. The van der Waals surface area contributed by atoms with Crippen LogP contribution in [0.2, 0.25) is 0 Å².